The third-order valence-corrected chi connectivity index (χ3v) is 3.55. The van der Waals surface area contributed by atoms with E-state index in [1.807, 2.05) is 48.5 Å². The van der Waals surface area contributed by atoms with Crippen molar-refractivity contribution < 1.29 is 4.74 Å². The van der Waals surface area contributed by atoms with E-state index < -0.39 is 0 Å². The predicted octanol–water partition coefficient (Wildman–Crippen LogP) is 3.01. The minimum atomic E-state index is -0.0496. The van der Waals surface area contributed by atoms with Crippen LogP contribution in [-0.4, -0.2) is 7.11 Å². The van der Waals surface area contributed by atoms with Crippen LogP contribution in [-0.2, 0) is 0 Å². The molecular weight excluding hydrogens is 292 g/mol. The molecule has 0 aliphatic carbocycles. The minimum Gasteiger partial charge on any atom is -0.497 e. The lowest BCUT2D eigenvalue weighted by Gasteiger charge is -2.18. The first-order chi connectivity index (χ1) is 8.76. The highest BCUT2D eigenvalue weighted by atomic mass is 79.9. The third kappa shape index (κ3) is 2.72. The zero-order chi connectivity index (χ0) is 13.0. The van der Waals surface area contributed by atoms with Gasteiger partial charge in [-0.05, 0) is 29.3 Å². The van der Waals surface area contributed by atoms with E-state index in [2.05, 4.69) is 21.4 Å². The van der Waals surface area contributed by atoms with Crippen molar-refractivity contribution in [1.82, 2.24) is 5.43 Å². The molecule has 0 bridgehead atoms. The summed E-state index contributed by atoms with van der Waals surface area (Å²) in [6, 6.07) is 15.8. The molecule has 1 atom stereocenters. The molecule has 0 spiro atoms. The van der Waals surface area contributed by atoms with E-state index in [0.29, 0.717) is 0 Å². The number of hydrazine groups is 1. The number of nitrogens with two attached hydrogens (primary N) is 1. The number of nitrogens with one attached hydrogen (secondary N) is 1. The van der Waals surface area contributed by atoms with Crippen LogP contribution in [0.25, 0.3) is 0 Å². The van der Waals surface area contributed by atoms with Crippen molar-refractivity contribution in [2.75, 3.05) is 7.11 Å². The molecule has 2 rings (SSSR count). The molecule has 0 aliphatic heterocycles. The molecule has 94 valence electrons. The molecule has 0 heterocycles. The van der Waals surface area contributed by atoms with Crippen molar-refractivity contribution in [3.05, 3.63) is 64.1 Å². The van der Waals surface area contributed by atoms with E-state index >= 15 is 0 Å². The Hall–Kier alpha value is -1.36. The Bertz CT molecular complexity index is 513. The Labute approximate surface area is 115 Å². The first kappa shape index (κ1) is 13.1. The van der Waals surface area contributed by atoms with Gasteiger partial charge in [-0.1, -0.05) is 46.3 Å². The molecule has 0 amide bonds. The second-order valence-corrected chi connectivity index (χ2v) is 4.75. The second kappa shape index (κ2) is 6.00. The van der Waals surface area contributed by atoms with Gasteiger partial charge in [0.15, 0.2) is 0 Å². The SMILES string of the molecule is COc1ccc(C(NN)c2ccccc2Br)cc1. The molecule has 0 aliphatic rings. The second-order valence-electron chi connectivity index (χ2n) is 3.89. The number of hydrogen-bond acceptors (Lipinski definition) is 3. The molecule has 2 aromatic carbocycles. The summed E-state index contributed by atoms with van der Waals surface area (Å²) >= 11 is 3.54. The summed E-state index contributed by atoms with van der Waals surface area (Å²) in [5.41, 5.74) is 5.03. The van der Waals surface area contributed by atoms with E-state index in [4.69, 9.17) is 10.6 Å². The van der Waals surface area contributed by atoms with Gasteiger partial charge in [0, 0.05) is 4.47 Å². The predicted molar refractivity (Wildman–Crippen MR) is 76.3 cm³/mol. The summed E-state index contributed by atoms with van der Waals surface area (Å²) in [6.45, 7) is 0. The Morgan fingerprint density at radius 1 is 1.11 bits per heavy atom. The summed E-state index contributed by atoms with van der Waals surface area (Å²) in [4.78, 5) is 0. The van der Waals surface area contributed by atoms with Crippen LogP contribution in [0.4, 0.5) is 0 Å². The van der Waals surface area contributed by atoms with Gasteiger partial charge in [-0.2, -0.15) is 0 Å². The maximum absolute atomic E-state index is 5.67. The lowest BCUT2D eigenvalue weighted by molar-refractivity contribution is 0.414. The molecule has 0 saturated carbocycles. The fraction of sp³-hybridized carbons (Fsp3) is 0.143. The fourth-order valence-electron chi connectivity index (χ4n) is 1.87. The van der Waals surface area contributed by atoms with Crippen LogP contribution in [0.5, 0.6) is 5.75 Å². The van der Waals surface area contributed by atoms with Crippen molar-refractivity contribution >= 4 is 15.9 Å². The van der Waals surface area contributed by atoms with E-state index in [9.17, 15) is 0 Å². The third-order valence-electron chi connectivity index (χ3n) is 2.83. The van der Waals surface area contributed by atoms with Crippen LogP contribution < -0.4 is 16.0 Å². The molecule has 0 aromatic heterocycles. The topological polar surface area (TPSA) is 47.3 Å². The highest BCUT2D eigenvalue weighted by Crippen LogP contribution is 2.28. The molecule has 0 saturated heterocycles. The molecule has 18 heavy (non-hydrogen) atoms. The number of rotatable bonds is 4. The molecule has 4 heteroatoms. The lowest BCUT2D eigenvalue weighted by Crippen LogP contribution is -2.29. The molecule has 0 fully saturated rings. The van der Waals surface area contributed by atoms with Gasteiger partial charge >= 0.3 is 0 Å². The maximum atomic E-state index is 5.67. The molecule has 3 N–H and O–H groups in total. The summed E-state index contributed by atoms with van der Waals surface area (Å²) < 4.78 is 6.18. The summed E-state index contributed by atoms with van der Waals surface area (Å²) in [6.07, 6.45) is 0. The van der Waals surface area contributed by atoms with E-state index in [-0.39, 0.29) is 6.04 Å². The van der Waals surface area contributed by atoms with E-state index in [1.54, 1.807) is 7.11 Å². The number of halogens is 1. The standard InChI is InChI=1S/C14H15BrN2O/c1-18-11-8-6-10(7-9-11)14(17-16)12-4-2-3-5-13(12)15/h2-9,14,17H,16H2,1H3. The normalized spacial score (nSPS) is 12.2. The molecule has 1 unspecified atom stereocenters. The van der Waals surface area contributed by atoms with Crippen LogP contribution in [0.15, 0.2) is 53.0 Å². The zero-order valence-corrected chi connectivity index (χ0v) is 11.6. The Morgan fingerprint density at radius 2 is 1.78 bits per heavy atom. The van der Waals surface area contributed by atoms with E-state index in [1.165, 1.54) is 0 Å². The number of ether oxygens (including phenoxy) is 1. The first-order valence-corrected chi connectivity index (χ1v) is 6.40. The van der Waals surface area contributed by atoms with Crippen LogP contribution in [0, 0.1) is 0 Å². The molecule has 0 radical (unpaired) electrons. The van der Waals surface area contributed by atoms with Crippen molar-refractivity contribution in [1.29, 1.82) is 0 Å². The summed E-state index contributed by atoms with van der Waals surface area (Å²) in [5.74, 6) is 6.51. The maximum Gasteiger partial charge on any atom is 0.118 e. The van der Waals surface area contributed by atoms with Crippen LogP contribution in [0.2, 0.25) is 0 Å². The van der Waals surface area contributed by atoms with Gasteiger partial charge < -0.3 is 4.74 Å². The molecular formula is C14H15BrN2O. The largest absolute Gasteiger partial charge is 0.497 e. The highest BCUT2D eigenvalue weighted by molar-refractivity contribution is 9.10. The van der Waals surface area contributed by atoms with Crippen LogP contribution in [0.1, 0.15) is 17.2 Å². The van der Waals surface area contributed by atoms with Crippen molar-refractivity contribution in [3.8, 4) is 5.75 Å². The summed E-state index contributed by atoms with van der Waals surface area (Å²) in [5, 5.41) is 0. The number of methoxy groups -OCH3 is 1. The van der Waals surface area contributed by atoms with Gasteiger partial charge in [-0.3, -0.25) is 5.84 Å². The quantitative estimate of drug-likeness (QED) is 0.674. The van der Waals surface area contributed by atoms with Gasteiger partial charge in [0.1, 0.15) is 5.75 Å². The molecule has 2 aromatic rings. The number of hydrogen-bond donors (Lipinski definition) is 2. The number of benzene rings is 2. The Balaban J connectivity index is 2.36. The van der Waals surface area contributed by atoms with Crippen molar-refractivity contribution in [2.24, 2.45) is 5.84 Å². The average Bonchev–Trinajstić information content (AvgIpc) is 2.42. The Kier molecular flexibility index (Phi) is 4.36. The van der Waals surface area contributed by atoms with E-state index in [0.717, 1.165) is 21.3 Å². The van der Waals surface area contributed by atoms with Crippen LogP contribution in [0.3, 0.4) is 0 Å². The van der Waals surface area contributed by atoms with Crippen molar-refractivity contribution in [3.63, 3.8) is 0 Å². The first-order valence-electron chi connectivity index (χ1n) is 5.60. The fourth-order valence-corrected chi connectivity index (χ4v) is 2.38. The van der Waals surface area contributed by atoms with Gasteiger partial charge in [0.25, 0.3) is 0 Å². The van der Waals surface area contributed by atoms with Gasteiger partial charge in [-0.15, -0.1) is 0 Å². The smallest absolute Gasteiger partial charge is 0.118 e. The lowest BCUT2D eigenvalue weighted by atomic mass is 9.99. The van der Waals surface area contributed by atoms with Crippen molar-refractivity contribution in [2.45, 2.75) is 6.04 Å². The Morgan fingerprint density at radius 3 is 2.33 bits per heavy atom. The monoisotopic (exact) mass is 306 g/mol. The van der Waals surface area contributed by atoms with Gasteiger partial charge in [0.05, 0.1) is 13.2 Å². The van der Waals surface area contributed by atoms with Gasteiger partial charge in [-0.25, -0.2) is 5.43 Å². The minimum absolute atomic E-state index is 0.0496. The van der Waals surface area contributed by atoms with Crippen LogP contribution >= 0.6 is 15.9 Å². The van der Waals surface area contributed by atoms with Gasteiger partial charge in [0.2, 0.25) is 0 Å². The highest BCUT2D eigenvalue weighted by Gasteiger charge is 2.14. The molecule has 3 nitrogen and oxygen atoms in total. The average molecular weight is 307 g/mol. The zero-order valence-electron chi connectivity index (χ0n) is 10.1. The summed E-state index contributed by atoms with van der Waals surface area (Å²) in [7, 11) is 1.65.